The SMILES string of the molecule is Cc1cccc(C(O)C2CCc3cccnc32)c1C. The van der Waals surface area contributed by atoms with E-state index in [2.05, 4.69) is 31.0 Å². The number of aliphatic hydroxyl groups excluding tert-OH is 1. The van der Waals surface area contributed by atoms with Gasteiger partial charge >= 0.3 is 0 Å². The van der Waals surface area contributed by atoms with E-state index in [-0.39, 0.29) is 5.92 Å². The Morgan fingerprint density at radius 2 is 2.05 bits per heavy atom. The van der Waals surface area contributed by atoms with Crippen LogP contribution in [0, 0.1) is 13.8 Å². The van der Waals surface area contributed by atoms with Crippen LogP contribution in [-0.4, -0.2) is 10.1 Å². The van der Waals surface area contributed by atoms with Gasteiger partial charge in [-0.1, -0.05) is 24.3 Å². The average Bonchev–Trinajstić information content (AvgIpc) is 2.85. The molecule has 0 saturated carbocycles. The molecule has 1 aromatic heterocycles. The summed E-state index contributed by atoms with van der Waals surface area (Å²) in [5, 5.41) is 10.7. The van der Waals surface area contributed by atoms with Gasteiger partial charge in [0.1, 0.15) is 0 Å². The summed E-state index contributed by atoms with van der Waals surface area (Å²) in [5.74, 6) is 0.136. The van der Waals surface area contributed by atoms with Crippen LogP contribution >= 0.6 is 0 Å². The number of hydrogen-bond donors (Lipinski definition) is 1. The second-order valence-corrected chi connectivity index (χ2v) is 5.43. The third kappa shape index (κ3) is 2.06. The second-order valence-electron chi connectivity index (χ2n) is 5.43. The quantitative estimate of drug-likeness (QED) is 0.889. The first-order valence-corrected chi connectivity index (χ1v) is 6.86. The number of aryl methyl sites for hydroxylation is 2. The van der Waals surface area contributed by atoms with E-state index in [9.17, 15) is 5.11 Å². The van der Waals surface area contributed by atoms with Gasteiger partial charge in [-0.05, 0) is 55.0 Å². The Morgan fingerprint density at radius 1 is 1.21 bits per heavy atom. The highest BCUT2D eigenvalue weighted by molar-refractivity contribution is 5.38. The summed E-state index contributed by atoms with van der Waals surface area (Å²) >= 11 is 0. The van der Waals surface area contributed by atoms with Crippen molar-refractivity contribution in [3.8, 4) is 0 Å². The van der Waals surface area contributed by atoms with E-state index in [1.807, 2.05) is 24.4 Å². The molecular formula is C17H19NO. The lowest BCUT2D eigenvalue weighted by molar-refractivity contribution is 0.142. The molecule has 0 saturated heterocycles. The molecular weight excluding hydrogens is 234 g/mol. The lowest BCUT2D eigenvalue weighted by Gasteiger charge is -2.21. The molecule has 2 nitrogen and oxygen atoms in total. The molecule has 98 valence electrons. The number of fused-ring (bicyclic) bond motifs is 1. The minimum atomic E-state index is -0.448. The van der Waals surface area contributed by atoms with Crippen molar-refractivity contribution in [1.82, 2.24) is 4.98 Å². The van der Waals surface area contributed by atoms with Gasteiger partial charge in [0.25, 0.3) is 0 Å². The zero-order valence-electron chi connectivity index (χ0n) is 11.4. The summed E-state index contributed by atoms with van der Waals surface area (Å²) in [4.78, 5) is 4.48. The highest BCUT2D eigenvalue weighted by atomic mass is 16.3. The number of rotatable bonds is 2. The molecule has 1 N–H and O–H groups in total. The summed E-state index contributed by atoms with van der Waals surface area (Å²) < 4.78 is 0. The molecule has 1 aliphatic carbocycles. The number of benzene rings is 1. The molecule has 0 fully saturated rings. The van der Waals surface area contributed by atoms with Crippen LogP contribution in [-0.2, 0) is 6.42 Å². The van der Waals surface area contributed by atoms with Crippen LogP contribution in [0.4, 0.5) is 0 Å². The lowest BCUT2D eigenvalue weighted by Crippen LogP contribution is -2.11. The maximum absolute atomic E-state index is 10.7. The Labute approximate surface area is 114 Å². The van der Waals surface area contributed by atoms with E-state index >= 15 is 0 Å². The number of nitrogens with zero attached hydrogens (tertiary/aromatic N) is 1. The third-order valence-electron chi connectivity index (χ3n) is 4.35. The van der Waals surface area contributed by atoms with Crippen molar-refractivity contribution in [1.29, 1.82) is 0 Å². The fourth-order valence-corrected chi connectivity index (χ4v) is 3.06. The van der Waals surface area contributed by atoms with E-state index in [1.54, 1.807) is 0 Å². The first kappa shape index (κ1) is 12.4. The van der Waals surface area contributed by atoms with Gasteiger partial charge in [0.2, 0.25) is 0 Å². The van der Waals surface area contributed by atoms with Crippen molar-refractivity contribution in [3.05, 3.63) is 64.5 Å². The molecule has 1 aliphatic rings. The summed E-state index contributed by atoms with van der Waals surface area (Å²) in [6.45, 7) is 4.18. The molecule has 0 radical (unpaired) electrons. The van der Waals surface area contributed by atoms with E-state index < -0.39 is 6.10 Å². The monoisotopic (exact) mass is 253 g/mol. The summed E-state index contributed by atoms with van der Waals surface area (Å²) in [5.41, 5.74) is 5.84. The lowest BCUT2D eigenvalue weighted by atomic mass is 9.89. The van der Waals surface area contributed by atoms with E-state index in [0.29, 0.717) is 0 Å². The van der Waals surface area contributed by atoms with Gasteiger partial charge in [-0.2, -0.15) is 0 Å². The van der Waals surface area contributed by atoms with Gasteiger partial charge in [0, 0.05) is 17.8 Å². The first-order valence-electron chi connectivity index (χ1n) is 6.86. The molecule has 2 heteroatoms. The van der Waals surface area contributed by atoms with Crippen molar-refractivity contribution in [2.75, 3.05) is 0 Å². The smallest absolute Gasteiger partial charge is 0.0876 e. The Morgan fingerprint density at radius 3 is 2.89 bits per heavy atom. The standard InChI is InChI=1S/C17H19NO/c1-11-5-3-7-14(12(11)2)17(19)15-9-8-13-6-4-10-18-16(13)15/h3-7,10,15,17,19H,8-9H2,1-2H3. The molecule has 1 heterocycles. The second kappa shape index (κ2) is 4.78. The molecule has 2 unspecified atom stereocenters. The maximum Gasteiger partial charge on any atom is 0.0876 e. The Kier molecular flexibility index (Phi) is 3.11. The fourth-order valence-electron chi connectivity index (χ4n) is 3.06. The van der Waals surface area contributed by atoms with E-state index in [1.165, 1.54) is 16.7 Å². The topological polar surface area (TPSA) is 33.1 Å². The number of hydrogen-bond acceptors (Lipinski definition) is 2. The minimum Gasteiger partial charge on any atom is -0.388 e. The Hall–Kier alpha value is -1.67. The molecule has 3 rings (SSSR count). The van der Waals surface area contributed by atoms with Crippen LogP contribution in [0.2, 0.25) is 0 Å². The molecule has 2 aromatic rings. The van der Waals surface area contributed by atoms with Crippen molar-refractivity contribution in [2.45, 2.75) is 38.7 Å². The predicted molar refractivity (Wildman–Crippen MR) is 76.2 cm³/mol. The van der Waals surface area contributed by atoms with Crippen molar-refractivity contribution >= 4 is 0 Å². The molecule has 0 spiro atoms. The van der Waals surface area contributed by atoms with Crippen LogP contribution in [0.1, 0.15) is 46.4 Å². The van der Waals surface area contributed by atoms with Crippen molar-refractivity contribution in [3.63, 3.8) is 0 Å². The highest BCUT2D eigenvalue weighted by Crippen LogP contribution is 2.41. The largest absolute Gasteiger partial charge is 0.388 e. The fraction of sp³-hybridized carbons (Fsp3) is 0.353. The average molecular weight is 253 g/mol. The van der Waals surface area contributed by atoms with Crippen molar-refractivity contribution in [2.24, 2.45) is 0 Å². The van der Waals surface area contributed by atoms with E-state index in [0.717, 1.165) is 24.1 Å². The van der Waals surface area contributed by atoms with Crippen LogP contribution in [0.3, 0.4) is 0 Å². The van der Waals surface area contributed by atoms with Gasteiger partial charge in [0.15, 0.2) is 0 Å². The molecule has 0 aliphatic heterocycles. The molecule has 0 bridgehead atoms. The number of pyridine rings is 1. The Balaban J connectivity index is 1.98. The summed E-state index contributed by atoms with van der Waals surface area (Å²) in [6.07, 6.45) is 3.39. The number of aromatic nitrogens is 1. The van der Waals surface area contributed by atoms with E-state index in [4.69, 9.17) is 0 Å². The normalized spacial score (nSPS) is 19.2. The van der Waals surface area contributed by atoms with Crippen LogP contribution < -0.4 is 0 Å². The van der Waals surface area contributed by atoms with Crippen molar-refractivity contribution < 1.29 is 5.11 Å². The van der Waals surface area contributed by atoms with Crippen LogP contribution in [0.5, 0.6) is 0 Å². The zero-order chi connectivity index (χ0) is 13.4. The maximum atomic E-state index is 10.7. The molecule has 19 heavy (non-hydrogen) atoms. The third-order valence-corrected chi connectivity index (χ3v) is 4.35. The molecule has 0 amide bonds. The first-order chi connectivity index (χ1) is 9.18. The van der Waals surface area contributed by atoms with Gasteiger partial charge in [-0.15, -0.1) is 0 Å². The number of aliphatic hydroxyl groups is 1. The summed E-state index contributed by atoms with van der Waals surface area (Å²) in [7, 11) is 0. The predicted octanol–water partition coefficient (Wildman–Crippen LogP) is 3.46. The van der Waals surface area contributed by atoms with Crippen LogP contribution in [0.15, 0.2) is 36.5 Å². The minimum absolute atomic E-state index is 0.136. The zero-order valence-corrected chi connectivity index (χ0v) is 11.4. The van der Waals surface area contributed by atoms with Gasteiger partial charge < -0.3 is 5.11 Å². The Bertz CT molecular complexity index is 606. The van der Waals surface area contributed by atoms with Gasteiger partial charge in [-0.25, -0.2) is 0 Å². The molecule has 1 aromatic carbocycles. The van der Waals surface area contributed by atoms with Gasteiger partial charge in [0.05, 0.1) is 6.10 Å². The molecule has 2 atom stereocenters. The van der Waals surface area contributed by atoms with Crippen LogP contribution in [0.25, 0.3) is 0 Å². The summed E-state index contributed by atoms with van der Waals surface area (Å²) in [6, 6.07) is 10.2. The van der Waals surface area contributed by atoms with Gasteiger partial charge in [-0.3, -0.25) is 4.98 Å². The highest BCUT2D eigenvalue weighted by Gasteiger charge is 2.31.